The Kier molecular flexibility index (Phi) is 5.71. The molecule has 25 heavy (non-hydrogen) atoms. The van der Waals surface area contributed by atoms with Crippen LogP contribution < -0.4 is 4.74 Å². The Bertz CT molecular complexity index is 681. The summed E-state index contributed by atoms with van der Waals surface area (Å²) in [4.78, 5) is 2.27. The van der Waals surface area contributed by atoms with Gasteiger partial charge in [0, 0.05) is 12.6 Å². The van der Waals surface area contributed by atoms with Crippen molar-refractivity contribution < 1.29 is 14.2 Å². The molecule has 0 unspecified atom stereocenters. The minimum absolute atomic E-state index is 0.213. The largest absolute Gasteiger partial charge is 0.490 e. The highest BCUT2D eigenvalue weighted by molar-refractivity contribution is 5.39. The zero-order valence-electron chi connectivity index (χ0n) is 14.9. The van der Waals surface area contributed by atoms with Crippen LogP contribution in [-0.4, -0.2) is 35.8 Å². The number of benzene rings is 2. The fraction of sp³-hybridized carbons (Fsp3) is 0.429. The molecule has 3 nitrogen and oxygen atoms in total. The van der Waals surface area contributed by atoms with Crippen LogP contribution in [0.2, 0.25) is 0 Å². The normalized spacial score (nSPS) is 19.1. The van der Waals surface area contributed by atoms with Gasteiger partial charge in [-0.3, -0.25) is 4.90 Å². The minimum Gasteiger partial charge on any atom is -0.490 e. The van der Waals surface area contributed by atoms with Crippen molar-refractivity contribution in [2.45, 2.75) is 38.8 Å². The molecule has 1 fully saturated rings. The van der Waals surface area contributed by atoms with Crippen molar-refractivity contribution in [3.8, 4) is 5.75 Å². The third kappa shape index (κ3) is 4.39. The molecule has 1 heterocycles. The van der Waals surface area contributed by atoms with Gasteiger partial charge < -0.3 is 9.84 Å². The Hall–Kier alpha value is -1.91. The van der Waals surface area contributed by atoms with Crippen LogP contribution in [0.25, 0.3) is 0 Å². The molecule has 2 atom stereocenters. The van der Waals surface area contributed by atoms with Gasteiger partial charge in [0.05, 0.1) is 0 Å². The maximum absolute atomic E-state index is 13.1. The van der Waals surface area contributed by atoms with Gasteiger partial charge in [-0.05, 0) is 62.1 Å². The Morgan fingerprint density at radius 2 is 1.84 bits per heavy atom. The second kappa shape index (κ2) is 7.98. The highest BCUT2D eigenvalue weighted by Crippen LogP contribution is 2.32. The fourth-order valence-corrected chi connectivity index (χ4v) is 3.64. The molecule has 0 saturated carbocycles. The molecular formula is C21H26FNO2. The Morgan fingerprint density at radius 1 is 1.16 bits per heavy atom. The van der Waals surface area contributed by atoms with E-state index < -0.39 is 6.10 Å². The molecule has 4 heteroatoms. The zero-order chi connectivity index (χ0) is 17.8. The van der Waals surface area contributed by atoms with Gasteiger partial charge in [0.2, 0.25) is 0 Å². The van der Waals surface area contributed by atoms with Gasteiger partial charge in [0.1, 0.15) is 24.3 Å². The van der Waals surface area contributed by atoms with Gasteiger partial charge in [-0.2, -0.15) is 0 Å². The van der Waals surface area contributed by atoms with E-state index in [1.165, 1.54) is 12.1 Å². The lowest BCUT2D eigenvalue weighted by Crippen LogP contribution is -2.35. The maximum Gasteiger partial charge on any atom is 0.125 e. The van der Waals surface area contributed by atoms with E-state index in [-0.39, 0.29) is 18.5 Å². The molecule has 1 saturated heterocycles. The Labute approximate surface area is 149 Å². The molecule has 1 N–H and O–H groups in total. The van der Waals surface area contributed by atoms with Crippen LogP contribution in [0.3, 0.4) is 0 Å². The average molecular weight is 343 g/mol. The van der Waals surface area contributed by atoms with Gasteiger partial charge >= 0.3 is 0 Å². The lowest BCUT2D eigenvalue weighted by Gasteiger charge is -2.27. The molecule has 134 valence electrons. The summed E-state index contributed by atoms with van der Waals surface area (Å²) >= 11 is 0. The molecule has 0 bridgehead atoms. The van der Waals surface area contributed by atoms with Gasteiger partial charge in [-0.15, -0.1) is 0 Å². The maximum atomic E-state index is 13.1. The Balaban J connectivity index is 1.58. The summed E-state index contributed by atoms with van der Waals surface area (Å²) in [5.74, 6) is 0.647. The van der Waals surface area contributed by atoms with E-state index in [0.29, 0.717) is 6.54 Å². The number of β-amino-alcohol motifs (C(OH)–C–C–N with tert-alkyl or cyclic N) is 1. The van der Waals surface area contributed by atoms with Crippen molar-refractivity contribution in [3.05, 3.63) is 65.0 Å². The zero-order valence-corrected chi connectivity index (χ0v) is 14.9. The van der Waals surface area contributed by atoms with E-state index in [0.717, 1.165) is 41.8 Å². The number of aliphatic hydroxyl groups is 1. The van der Waals surface area contributed by atoms with E-state index >= 15 is 0 Å². The monoisotopic (exact) mass is 343 g/mol. The SMILES string of the molecule is Cc1cccc(C)c1OC[C@@H](O)CN1CCC[C@@H]1c1ccc(F)cc1. The van der Waals surface area contributed by atoms with E-state index in [1.807, 2.05) is 44.2 Å². The average Bonchev–Trinajstić information content (AvgIpc) is 3.03. The van der Waals surface area contributed by atoms with Crippen LogP contribution in [0, 0.1) is 19.7 Å². The fourth-order valence-electron chi connectivity index (χ4n) is 3.64. The molecule has 0 amide bonds. The number of nitrogens with zero attached hydrogens (tertiary/aromatic N) is 1. The van der Waals surface area contributed by atoms with Crippen molar-refractivity contribution in [1.29, 1.82) is 0 Å². The van der Waals surface area contributed by atoms with Gasteiger partial charge in [0.15, 0.2) is 0 Å². The van der Waals surface area contributed by atoms with Gasteiger partial charge in [-0.25, -0.2) is 4.39 Å². The lowest BCUT2D eigenvalue weighted by molar-refractivity contribution is 0.0634. The summed E-state index contributed by atoms with van der Waals surface area (Å²) in [6.07, 6.45) is 1.57. The number of halogens is 1. The number of aryl methyl sites for hydroxylation is 2. The number of aliphatic hydroxyl groups excluding tert-OH is 1. The third-order valence-electron chi connectivity index (χ3n) is 4.89. The summed E-state index contributed by atoms with van der Waals surface area (Å²) in [5.41, 5.74) is 3.27. The van der Waals surface area contributed by atoms with Crippen molar-refractivity contribution >= 4 is 0 Å². The first-order chi connectivity index (χ1) is 12.0. The predicted molar refractivity (Wildman–Crippen MR) is 97.4 cm³/mol. The topological polar surface area (TPSA) is 32.7 Å². The number of likely N-dealkylation sites (tertiary alicyclic amines) is 1. The molecule has 1 aliphatic rings. The molecule has 3 rings (SSSR count). The lowest BCUT2D eigenvalue weighted by atomic mass is 10.0. The Morgan fingerprint density at radius 3 is 2.52 bits per heavy atom. The first kappa shape index (κ1) is 17.9. The van der Waals surface area contributed by atoms with Crippen LogP contribution >= 0.6 is 0 Å². The minimum atomic E-state index is -0.556. The van der Waals surface area contributed by atoms with Crippen molar-refractivity contribution in [1.82, 2.24) is 4.90 Å². The predicted octanol–water partition coefficient (Wildman–Crippen LogP) is 4.02. The van der Waals surface area contributed by atoms with Crippen molar-refractivity contribution in [3.63, 3.8) is 0 Å². The summed E-state index contributed by atoms with van der Waals surface area (Å²) in [6.45, 7) is 5.81. The van der Waals surface area contributed by atoms with Gasteiger partial charge in [0.25, 0.3) is 0 Å². The molecule has 0 radical (unpaired) electrons. The number of rotatable bonds is 6. The highest BCUT2D eigenvalue weighted by atomic mass is 19.1. The highest BCUT2D eigenvalue weighted by Gasteiger charge is 2.27. The van der Waals surface area contributed by atoms with Crippen LogP contribution in [0.4, 0.5) is 4.39 Å². The quantitative estimate of drug-likeness (QED) is 0.860. The summed E-state index contributed by atoms with van der Waals surface area (Å²) in [5, 5.41) is 10.4. The molecule has 1 aliphatic heterocycles. The van der Waals surface area contributed by atoms with Crippen molar-refractivity contribution in [2.75, 3.05) is 19.7 Å². The molecule has 0 aliphatic carbocycles. The number of ether oxygens (including phenoxy) is 1. The second-order valence-electron chi connectivity index (χ2n) is 6.89. The number of hydrogen-bond acceptors (Lipinski definition) is 3. The van der Waals surface area contributed by atoms with Crippen molar-refractivity contribution in [2.24, 2.45) is 0 Å². The summed E-state index contributed by atoms with van der Waals surface area (Å²) in [7, 11) is 0. The van der Waals surface area contributed by atoms with Crippen LogP contribution in [0.1, 0.15) is 35.6 Å². The van der Waals surface area contributed by atoms with Crippen LogP contribution in [0.15, 0.2) is 42.5 Å². The second-order valence-corrected chi connectivity index (χ2v) is 6.89. The molecular weight excluding hydrogens is 317 g/mol. The van der Waals surface area contributed by atoms with Crippen LogP contribution in [-0.2, 0) is 0 Å². The third-order valence-corrected chi connectivity index (χ3v) is 4.89. The van der Waals surface area contributed by atoms with E-state index in [1.54, 1.807) is 0 Å². The first-order valence-electron chi connectivity index (χ1n) is 8.91. The van der Waals surface area contributed by atoms with E-state index in [9.17, 15) is 9.50 Å². The van der Waals surface area contributed by atoms with Gasteiger partial charge in [-0.1, -0.05) is 30.3 Å². The number of hydrogen-bond donors (Lipinski definition) is 1. The van der Waals surface area contributed by atoms with E-state index in [4.69, 9.17) is 4.74 Å². The smallest absolute Gasteiger partial charge is 0.125 e. The molecule has 2 aromatic carbocycles. The number of para-hydroxylation sites is 1. The molecule has 0 spiro atoms. The first-order valence-corrected chi connectivity index (χ1v) is 8.91. The molecule has 0 aromatic heterocycles. The van der Waals surface area contributed by atoms with Crippen LogP contribution in [0.5, 0.6) is 5.75 Å². The molecule has 2 aromatic rings. The standard InChI is InChI=1S/C21H26FNO2/c1-15-5-3-6-16(2)21(15)25-14-19(24)13-23-12-4-7-20(23)17-8-10-18(22)11-9-17/h3,5-6,8-11,19-20,24H,4,7,12-14H2,1-2H3/t19-,20+/m0/s1. The van der Waals surface area contributed by atoms with E-state index in [2.05, 4.69) is 4.90 Å². The summed E-state index contributed by atoms with van der Waals surface area (Å²) in [6, 6.07) is 13.0. The summed E-state index contributed by atoms with van der Waals surface area (Å²) < 4.78 is 19.0.